The highest BCUT2D eigenvalue weighted by Crippen LogP contribution is 2.24. The highest BCUT2D eigenvalue weighted by molar-refractivity contribution is 5.67. The van der Waals surface area contributed by atoms with Crippen molar-refractivity contribution in [3.05, 3.63) is 0 Å². The van der Waals surface area contributed by atoms with E-state index in [1.165, 1.54) is 4.90 Å². The van der Waals surface area contributed by atoms with Crippen molar-refractivity contribution >= 4 is 12.4 Å². The van der Waals surface area contributed by atoms with Crippen molar-refractivity contribution in [3.8, 4) is 0 Å². The van der Waals surface area contributed by atoms with Crippen LogP contribution in [-0.2, 0) is 9.53 Å². The third kappa shape index (κ3) is 3.01. The van der Waals surface area contributed by atoms with Gasteiger partial charge in [0.2, 0.25) is 0 Å². The summed E-state index contributed by atoms with van der Waals surface area (Å²) in [5, 5.41) is 0. The smallest absolute Gasteiger partial charge is 0.409 e. The molecule has 80 valence electrons. The minimum atomic E-state index is -0.292. The van der Waals surface area contributed by atoms with Gasteiger partial charge in [-0.15, -0.1) is 0 Å². The Labute approximate surface area is 84.2 Å². The minimum absolute atomic E-state index is 0.00102. The number of hydrogen-bond acceptors (Lipinski definition) is 3. The normalized spacial score (nSPS) is 26.7. The number of ether oxygens (including phenoxy) is 1. The quantitative estimate of drug-likeness (QED) is 0.632. The molecule has 1 amide bonds. The summed E-state index contributed by atoms with van der Waals surface area (Å²) in [5.41, 5.74) is 0. The molecule has 0 aromatic rings. The summed E-state index contributed by atoms with van der Waals surface area (Å²) in [6, 6.07) is 0. The van der Waals surface area contributed by atoms with Crippen molar-refractivity contribution in [1.82, 2.24) is 4.90 Å². The van der Waals surface area contributed by atoms with Crippen molar-refractivity contribution in [1.29, 1.82) is 0 Å². The molecule has 0 unspecified atom stereocenters. The maximum atomic E-state index is 11.2. The lowest BCUT2D eigenvalue weighted by Crippen LogP contribution is -2.30. The largest absolute Gasteiger partial charge is 0.446 e. The molecule has 4 heteroatoms. The van der Waals surface area contributed by atoms with Crippen LogP contribution in [0.2, 0.25) is 0 Å². The van der Waals surface area contributed by atoms with Crippen LogP contribution in [0.25, 0.3) is 0 Å². The Morgan fingerprint density at radius 1 is 1.29 bits per heavy atom. The Hall–Kier alpha value is -1.06. The lowest BCUT2D eigenvalue weighted by Gasteiger charge is -2.26. The SMILES string of the molecule is CN(C)C(=O)OC1CCC(C=O)CC1. The van der Waals surface area contributed by atoms with Crippen LogP contribution in [0.5, 0.6) is 0 Å². The van der Waals surface area contributed by atoms with Gasteiger partial charge in [0.25, 0.3) is 0 Å². The van der Waals surface area contributed by atoms with Gasteiger partial charge in [-0.1, -0.05) is 0 Å². The molecule has 1 aliphatic carbocycles. The summed E-state index contributed by atoms with van der Waals surface area (Å²) in [5.74, 6) is 0.171. The van der Waals surface area contributed by atoms with Crippen molar-refractivity contribution in [2.45, 2.75) is 31.8 Å². The first-order chi connectivity index (χ1) is 6.63. The van der Waals surface area contributed by atoms with Crippen LogP contribution < -0.4 is 0 Å². The molecule has 4 nitrogen and oxygen atoms in total. The molecule has 14 heavy (non-hydrogen) atoms. The molecule has 1 saturated carbocycles. The van der Waals surface area contributed by atoms with Gasteiger partial charge < -0.3 is 14.4 Å². The zero-order valence-electron chi connectivity index (χ0n) is 8.73. The molecule has 0 radical (unpaired) electrons. The van der Waals surface area contributed by atoms with Crippen LogP contribution in [0.1, 0.15) is 25.7 Å². The Bertz CT molecular complexity index is 207. The Morgan fingerprint density at radius 2 is 1.86 bits per heavy atom. The summed E-state index contributed by atoms with van der Waals surface area (Å²) in [4.78, 5) is 23.1. The van der Waals surface area contributed by atoms with E-state index >= 15 is 0 Å². The fraction of sp³-hybridized carbons (Fsp3) is 0.800. The maximum absolute atomic E-state index is 11.2. The van der Waals surface area contributed by atoms with E-state index in [4.69, 9.17) is 4.74 Å². The van der Waals surface area contributed by atoms with E-state index in [2.05, 4.69) is 0 Å². The second-order valence-electron chi connectivity index (χ2n) is 3.95. The molecule has 0 N–H and O–H groups in total. The second-order valence-corrected chi connectivity index (χ2v) is 3.95. The molecule has 0 aromatic heterocycles. The molecular formula is C10H17NO3. The lowest BCUT2D eigenvalue weighted by atomic mass is 9.88. The van der Waals surface area contributed by atoms with Gasteiger partial charge in [-0.25, -0.2) is 4.79 Å². The third-order valence-corrected chi connectivity index (χ3v) is 2.54. The van der Waals surface area contributed by atoms with E-state index in [0.29, 0.717) is 0 Å². The zero-order valence-corrected chi connectivity index (χ0v) is 8.73. The highest BCUT2D eigenvalue weighted by Gasteiger charge is 2.23. The number of aldehydes is 1. The number of carbonyl (C=O) groups excluding carboxylic acids is 2. The second kappa shape index (κ2) is 4.98. The molecule has 0 bridgehead atoms. The molecule has 0 heterocycles. The predicted molar refractivity (Wildman–Crippen MR) is 52.0 cm³/mol. The molecular weight excluding hydrogens is 182 g/mol. The van der Waals surface area contributed by atoms with E-state index in [-0.39, 0.29) is 18.1 Å². The molecule has 1 aliphatic rings. The van der Waals surface area contributed by atoms with Crippen LogP contribution in [0.15, 0.2) is 0 Å². The van der Waals surface area contributed by atoms with Gasteiger partial charge in [-0.3, -0.25) is 0 Å². The van der Waals surface area contributed by atoms with Gasteiger partial charge in [0.05, 0.1) is 0 Å². The monoisotopic (exact) mass is 199 g/mol. The van der Waals surface area contributed by atoms with E-state index in [9.17, 15) is 9.59 Å². The number of nitrogens with zero attached hydrogens (tertiary/aromatic N) is 1. The van der Waals surface area contributed by atoms with Crippen LogP contribution in [0.4, 0.5) is 4.79 Å². The van der Waals surface area contributed by atoms with Crippen LogP contribution in [0, 0.1) is 5.92 Å². The van der Waals surface area contributed by atoms with Gasteiger partial charge >= 0.3 is 6.09 Å². The molecule has 1 rings (SSSR count). The lowest BCUT2D eigenvalue weighted by molar-refractivity contribution is -0.112. The third-order valence-electron chi connectivity index (χ3n) is 2.54. The maximum Gasteiger partial charge on any atom is 0.409 e. The van der Waals surface area contributed by atoms with Crippen molar-refractivity contribution in [3.63, 3.8) is 0 Å². The fourth-order valence-electron chi connectivity index (χ4n) is 1.59. The number of carbonyl (C=O) groups is 2. The van der Waals surface area contributed by atoms with Crippen LogP contribution >= 0.6 is 0 Å². The van der Waals surface area contributed by atoms with E-state index < -0.39 is 0 Å². The number of rotatable bonds is 2. The topological polar surface area (TPSA) is 46.6 Å². The standard InChI is InChI=1S/C10H17NO3/c1-11(2)10(13)14-9-5-3-8(7-12)4-6-9/h7-9H,3-6H2,1-2H3. The van der Waals surface area contributed by atoms with Gasteiger partial charge in [0.15, 0.2) is 0 Å². The van der Waals surface area contributed by atoms with E-state index in [1.54, 1.807) is 14.1 Å². The molecule has 0 aliphatic heterocycles. The van der Waals surface area contributed by atoms with Gasteiger partial charge in [0.1, 0.15) is 12.4 Å². The molecule has 0 saturated heterocycles. The van der Waals surface area contributed by atoms with Crippen LogP contribution in [0.3, 0.4) is 0 Å². The fourth-order valence-corrected chi connectivity index (χ4v) is 1.59. The first-order valence-electron chi connectivity index (χ1n) is 4.96. The first kappa shape index (κ1) is 11.0. The average Bonchev–Trinajstić information content (AvgIpc) is 2.19. The van der Waals surface area contributed by atoms with Crippen molar-refractivity contribution < 1.29 is 14.3 Å². The van der Waals surface area contributed by atoms with Gasteiger partial charge in [0, 0.05) is 20.0 Å². The molecule has 1 fully saturated rings. The zero-order chi connectivity index (χ0) is 10.6. The molecule has 0 aromatic carbocycles. The van der Waals surface area contributed by atoms with Crippen LogP contribution in [-0.4, -0.2) is 37.5 Å². The predicted octanol–water partition coefficient (Wildman–Crippen LogP) is 1.44. The number of hydrogen-bond donors (Lipinski definition) is 0. The summed E-state index contributed by atoms with van der Waals surface area (Å²) in [6.45, 7) is 0. The summed E-state index contributed by atoms with van der Waals surface area (Å²) in [7, 11) is 3.33. The van der Waals surface area contributed by atoms with E-state index in [1.807, 2.05) is 0 Å². The average molecular weight is 199 g/mol. The highest BCUT2D eigenvalue weighted by atomic mass is 16.6. The number of amides is 1. The summed E-state index contributed by atoms with van der Waals surface area (Å²) >= 11 is 0. The molecule has 0 spiro atoms. The first-order valence-corrected chi connectivity index (χ1v) is 4.96. The van der Waals surface area contributed by atoms with Crippen molar-refractivity contribution in [2.75, 3.05) is 14.1 Å². The summed E-state index contributed by atoms with van der Waals surface area (Å²) in [6.07, 6.45) is 4.01. The van der Waals surface area contributed by atoms with Gasteiger partial charge in [-0.2, -0.15) is 0 Å². The molecule has 0 atom stereocenters. The van der Waals surface area contributed by atoms with Crippen molar-refractivity contribution in [2.24, 2.45) is 5.92 Å². The minimum Gasteiger partial charge on any atom is -0.446 e. The Balaban J connectivity index is 2.28. The van der Waals surface area contributed by atoms with E-state index in [0.717, 1.165) is 32.0 Å². The summed E-state index contributed by atoms with van der Waals surface area (Å²) < 4.78 is 5.22. The van der Waals surface area contributed by atoms with Gasteiger partial charge in [-0.05, 0) is 25.7 Å². The Morgan fingerprint density at radius 3 is 2.29 bits per heavy atom. The Kier molecular flexibility index (Phi) is 3.92.